The largest absolute Gasteiger partial charge is 0.411 e. The van der Waals surface area contributed by atoms with E-state index in [0.29, 0.717) is 13.2 Å². The molecule has 0 heterocycles. The Morgan fingerprint density at radius 2 is 1.65 bits per heavy atom. The third-order valence-electron chi connectivity index (χ3n) is 1.97. The number of unbranched alkanes of at least 4 members (excludes halogenated alkanes) is 1. The van der Waals surface area contributed by atoms with E-state index in [-0.39, 0.29) is 6.61 Å². The zero-order chi connectivity index (χ0) is 13.0. The van der Waals surface area contributed by atoms with Crippen molar-refractivity contribution >= 4 is 0 Å². The summed E-state index contributed by atoms with van der Waals surface area (Å²) in [6, 6.07) is 0. The monoisotopic (exact) mass is 257 g/mol. The van der Waals surface area contributed by atoms with Crippen molar-refractivity contribution < 1.29 is 22.6 Å². The summed E-state index contributed by atoms with van der Waals surface area (Å²) < 4.78 is 44.8. The van der Waals surface area contributed by atoms with E-state index >= 15 is 0 Å². The zero-order valence-electron chi connectivity index (χ0n) is 10.3. The van der Waals surface area contributed by atoms with Crippen molar-refractivity contribution in [2.75, 3.05) is 39.5 Å². The van der Waals surface area contributed by atoms with Gasteiger partial charge in [-0.2, -0.15) is 13.2 Å². The van der Waals surface area contributed by atoms with Gasteiger partial charge >= 0.3 is 6.18 Å². The lowest BCUT2D eigenvalue weighted by Gasteiger charge is -2.08. The average molecular weight is 257 g/mol. The van der Waals surface area contributed by atoms with Gasteiger partial charge in [0.15, 0.2) is 0 Å². The number of alkyl halides is 3. The van der Waals surface area contributed by atoms with Gasteiger partial charge in [-0.15, -0.1) is 0 Å². The molecule has 0 aromatic heterocycles. The third kappa shape index (κ3) is 15.7. The first-order chi connectivity index (χ1) is 8.06. The van der Waals surface area contributed by atoms with Crippen LogP contribution in [-0.2, 0) is 9.47 Å². The van der Waals surface area contributed by atoms with Crippen LogP contribution in [0.15, 0.2) is 0 Å². The minimum atomic E-state index is -4.23. The van der Waals surface area contributed by atoms with Gasteiger partial charge in [0, 0.05) is 19.8 Å². The number of nitrogens with one attached hydrogen (secondary N) is 1. The van der Waals surface area contributed by atoms with Crippen molar-refractivity contribution in [1.82, 2.24) is 5.32 Å². The van der Waals surface area contributed by atoms with Gasteiger partial charge in [-0.1, -0.05) is 13.3 Å². The Labute approximate surface area is 101 Å². The lowest BCUT2D eigenvalue weighted by atomic mass is 10.4. The van der Waals surface area contributed by atoms with Gasteiger partial charge in [0.1, 0.15) is 6.61 Å². The molecular weight excluding hydrogens is 235 g/mol. The number of ether oxygens (including phenoxy) is 2. The van der Waals surface area contributed by atoms with Crippen molar-refractivity contribution in [3.05, 3.63) is 0 Å². The molecule has 0 rings (SSSR count). The third-order valence-corrected chi connectivity index (χ3v) is 1.97. The Morgan fingerprint density at radius 3 is 2.29 bits per heavy atom. The molecule has 0 bridgehead atoms. The summed E-state index contributed by atoms with van der Waals surface area (Å²) in [7, 11) is 0. The summed E-state index contributed by atoms with van der Waals surface area (Å²) in [6.07, 6.45) is -1.18. The van der Waals surface area contributed by atoms with Crippen LogP contribution in [0.5, 0.6) is 0 Å². The van der Waals surface area contributed by atoms with Gasteiger partial charge in [0.25, 0.3) is 0 Å². The summed E-state index contributed by atoms with van der Waals surface area (Å²) in [4.78, 5) is 0. The molecular formula is C11H22F3NO2. The van der Waals surface area contributed by atoms with Gasteiger partial charge < -0.3 is 14.8 Å². The van der Waals surface area contributed by atoms with Crippen molar-refractivity contribution in [2.45, 2.75) is 32.4 Å². The van der Waals surface area contributed by atoms with Gasteiger partial charge in [-0.3, -0.25) is 0 Å². The summed E-state index contributed by atoms with van der Waals surface area (Å²) >= 11 is 0. The van der Waals surface area contributed by atoms with Crippen LogP contribution in [0.3, 0.4) is 0 Å². The SMILES string of the molecule is CCCCOCCCNCCOCC(F)(F)F. The van der Waals surface area contributed by atoms with E-state index < -0.39 is 12.8 Å². The van der Waals surface area contributed by atoms with Gasteiger partial charge in [-0.25, -0.2) is 0 Å². The topological polar surface area (TPSA) is 30.5 Å². The molecule has 0 amide bonds. The second-order valence-electron chi connectivity index (χ2n) is 3.74. The first-order valence-electron chi connectivity index (χ1n) is 5.99. The van der Waals surface area contributed by atoms with E-state index in [4.69, 9.17) is 4.74 Å². The maximum absolute atomic E-state index is 11.7. The highest BCUT2D eigenvalue weighted by molar-refractivity contribution is 4.49. The number of halogens is 3. The molecule has 0 spiro atoms. The van der Waals surface area contributed by atoms with Crippen LogP contribution in [0.2, 0.25) is 0 Å². The molecule has 0 aromatic carbocycles. The first-order valence-corrected chi connectivity index (χ1v) is 5.99. The van der Waals surface area contributed by atoms with Crippen molar-refractivity contribution in [3.8, 4) is 0 Å². The summed E-state index contributed by atoms with van der Waals surface area (Å²) in [6.45, 7) is 3.66. The van der Waals surface area contributed by atoms with Crippen LogP contribution in [0, 0.1) is 0 Å². The lowest BCUT2D eigenvalue weighted by Crippen LogP contribution is -2.25. The Hall–Kier alpha value is -0.330. The van der Waals surface area contributed by atoms with E-state index in [1.54, 1.807) is 0 Å². The van der Waals surface area contributed by atoms with Crippen LogP contribution in [0.4, 0.5) is 13.2 Å². The molecule has 0 fully saturated rings. The lowest BCUT2D eigenvalue weighted by molar-refractivity contribution is -0.173. The van der Waals surface area contributed by atoms with Crippen molar-refractivity contribution in [1.29, 1.82) is 0 Å². The molecule has 0 unspecified atom stereocenters. The molecule has 104 valence electrons. The molecule has 0 aliphatic carbocycles. The molecule has 0 atom stereocenters. The van der Waals surface area contributed by atoms with Gasteiger partial charge in [0.05, 0.1) is 6.61 Å². The number of hydrogen-bond acceptors (Lipinski definition) is 3. The van der Waals surface area contributed by atoms with Crippen molar-refractivity contribution in [3.63, 3.8) is 0 Å². The van der Waals surface area contributed by atoms with Crippen molar-refractivity contribution in [2.24, 2.45) is 0 Å². The minimum Gasteiger partial charge on any atom is -0.381 e. The molecule has 0 aliphatic heterocycles. The summed E-state index contributed by atoms with van der Waals surface area (Å²) in [5.74, 6) is 0. The molecule has 0 saturated carbocycles. The maximum atomic E-state index is 11.7. The van der Waals surface area contributed by atoms with Crippen LogP contribution < -0.4 is 5.32 Å². The Balaban J connectivity index is 2.99. The highest BCUT2D eigenvalue weighted by Crippen LogP contribution is 2.13. The molecule has 6 heteroatoms. The predicted octanol–water partition coefficient (Wildman–Crippen LogP) is 2.36. The quantitative estimate of drug-likeness (QED) is 0.576. The highest BCUT2D eigenvalue weighted by atomic mass is 19.4. The van der Waals surface area contributed by atoms with Gasteiger partial charge in [0.2, 0.25) is 0 Å². The molecule has 0 aliphatic rings. The molecule has 0 aromatic rings. The van der Waals surface area contributed by atoms with E-state index in [0.717, 1.165) is 32.4 Å². The van der Waals surface area contributed by atoms with E-state index in [9.17, 15) is 13.2 Å². The Morgan fingerprint density at radius 1 is 0.941 bits per heavy atom. The number of hydrogen-bond donors (Lipinski definition) is 1. The minimum absolute atomic E-state index is 0.0796. The highest BCUT2D eigenvalue weighted by Gasteiger charge is 2.27. The smallest absolute Gasteiger partial charge is 0.381 e. The maximum Gasteiger partial charge on any atom is 0.411 e. The zero-order valence-corrected chi connectivity index (χ0v) is 10.3. The fraction of sp³-hybridized carbons (Fsp3) is 1.00. The van der Waals surface area contributed by atoms with Gasteiger partial charge in [-0.05, 0) is 19.4 Å². The van der Waals surface area contributed by atoms with E-state index in [1.165, 1.54) is 0 Å². The fourth-order valence-electron chi connectivity index (χ4n) is 1.10. The Bertz CT molecular complexity index is 165. The molecule has 0 saturated heterocycles. The molecule has 17 heavy (non-hydrogen) atoms. The van der Waals surface area contributed by atoms with E-state index in [1.807, 2.05) is 0 Å². The van der Waals surface area contributed by atoms with Crippen LogP contribution in [0.25, 0.3) is 0 Å². The average Bonchev–Trinajstić information content (AvgIpc) is 2.24. The van der Waals surface area contributed by atoms with Crippen LogP contribution in [0.1, 0.15) is 26.2 Å². The van der Waals surface area contributed by atoms with Crippen LogP contribution >= 0.6 is 0 Å². The summed E-state index contributed by atoms with van der Waals surface area (Å²) in [5.41, 5.74) is 0. The number of rotatable bonds is 11. The Kier molecular flexibility index (Phi) is 10.6. The molecule has 1 N–H and O–H groups in total. The van der Waals surface area contributed by atoms with Crippen LogP contribution in [-0.4, -0.2) is 45.7 Å². The second kappa shape index (κ2) is 10.8. The second-order valence-corrected chi connectivity index (χ2v) is 3.74. The fourth-order valence-corrected chi connectivity index (χ4v) is 1.10. The molecule has 0 radical (unpaired) electrons. The van der Waals surface area contributed by atoms with E-state index in [2.05, 4.69) is 17.0 Å². The first kappa shape index (κ1) is 16.7. The standard InChI is InChI=1S/C11H22F3NO2/c1-2-3-7-16-8-4-5-15-6-9-17-10-11(12,13)14/h15H,2-10H2,1H3. The normalized spacial score (nSPS) is 12.0. The summed E-state index contributed by atoms with van der Waals surface area (Å²) in [5, 5.41) is 2.99. The molecule has 3 nitrogen and oxygen atoms in total. The predicted molar refractivity (Wildman–Crippen MR) is 60.1 cm³/mol.